The van der Waals surface area contributed by atoms with E-state index in [0.717, 1.165) is 0 Å². The molecule has 132 valence electrons. The number of rotatable bonds is 3. The van der Waals surface area contributed by atoms with Gasteiger partial charge in [0, 0.05) is 14.1 Å². The third kappa shape index (κ3) is 55.0. The molecule has 0 aliphatic rings. The number of amides is 2. The summed E-state index contributed by atoms with van der Waals surface area (Å²) in [6, 6.07) is 2.02. The lowest BCUT2D eigenvalue weighted by Crippen LogP contribution is -2.21. The van der Waals surface area contributed by atoms with E-state index in [1.165, 1.54) is 0 Å². The summed E-state index contributed by atoms with van der Waals surface area (Å²) < 4.78 is 31.7. The average molecular weight is 340 g/mol. The van der Waals surface area contributed by atoms with Crippen LogP contribution >= 0.6 is 0 Å². The number of primary amides is 2. The molecule has 0 heterocycles. The second-order valence-electron chi connectivity index (χ2n) is 3.17. The van der Waals surface area contributed by atoms with E-state index >= 15 is 0 Å². The Morgan fingerprint density at radius 2 is 1.57 bits per heavy atom. The molecule has 0 aliphatic heterocycles. The molecular formula is C12H19F3N4O4. The Morgan fingerprint density at radius 1 is 1.22 bits per heavy atom. The number of halogens is 3. The standard InChI is InChI=1S/C8H12N2.C2HF3O2.2CH3NO/c1-10(2)8-6-4-3-5-7-9;3-2(4,5)1(6)7;2*2-1-3/h3-4,6,8H,5H2,1-2H3;(H,6,7);2*1H,(H2,2,3). The van der Waals surface area contributed by atoms with Gasteiger partial charge in [0.2, 0.25) is 12.8 Å². The van der Waals surface area contributed by atoms with Crippen molar-refractivity contribution in [2.75, 3.05) is 14.1 Å². The molecular weight excluding hydrogens is 321 g/mol. The van der Waals surface area contributed by atoms with Gasteiger partial charge < -0.3 is 21.5 Å². The zero-order valence-corrected chi connectivity index (χ0v) is 12.5. The zero-order chi connectivity index (χ0) is 19.3. The number of aliphatic carboxylic acids is 1. The predicted octanol–water partition coefficient (Wildman–Crippen LogP) is 0.368. The number of carbonyl (C=O) groups excluding carboxylic acids is 2. The van der Waals surface area contributed by atoms with Crippen LogP contribution in [0.2, 0.25) is 0 Å². The first-order valence-corrected chi connectivity index (χ1v) is 5.52. The van der Waals surface area contributed by atoms with Gasteiger partial charge in [-0.2, -0.15) is 18.4 Å². The number of nitrogens with zero attached hydrogens (tertiary/aromatic N) is 2. The van der Waals surface area contributed by atoms with Crippen LogP contribution < -0.4 is 11.5 Å². The summed E-state index contributed by atoms with van der Waals surface area (Å²) >= 11 is 0. The molecule has 0 bridgehead atoms. The van der Waals surface area contributed by atoms with Gasteiger partial charge in [0.05, 0.1) is 12.5 Å². The Balaban J connectivity index is -0.000000120. The van der Waals surface area contributed by atoms with E-state index in [2.05, 4.69) is 11.5 Å². The quantitative estimate of drug-likeness (QED) is 0.499. The minimum atomic E-state index is -5.08. The van der Waals surface area contributed by atoms with E-state index in [1.807, 2.05) is 49.5 Å². The van der Waals surface area contributed by atoms with E-state index in [4.69, 9.17) is 24.8 Å². The minimum Gasteiger partial charge on any atom is -0.475 e. The fraction of sp³-hybridized carbons (Fsp3) is 0.333. The van der Waals surface area contributed by atoms with Crippen LogP contribution in [0, 0.1) is 11.3 Å². The van der Waals surface area contributed by atoms with Gasteiger partial charge in [0.1, 0.15) is 0 Å². The summed E-state index contributed by atoms with van der Waals surface area (Å²) in [7, 11) is 3.91. The SMILES string of the molecule is CN(C)C=CC=CCC#N.NC=O.NC=O.O=C(O)C(F)(F)F. The van der Waals surface area contributed by atoms with Crippen LogP contribution in [0.25, 0.3) is 0 Å². The highest BCUT2D eigenvalue weighted by Crippen LogP contribution is 2.13. The molecule has 0 spiro atoms. The molecule has 0 aromatic rings. The summed E-state index contributed by atoms with van der Waals surface area (Å²) in [5, 5.41) is 15.3. The predicted molar refractivity (Wildman–Crippen MR) is 76.4 cm³/mol. The Kier molecular flexibility index (Phi) is 26.1. The molecule has 0 saturated heterocycles. The van der Waals surface area contributed by atoms with Crippen molar-refractivity contribution < 1.29 is 32.7 Å². The molecule has 0 aromatic heterocycles. The smallest absolute Gasteiger partial charge is 0.475 e. The number of carboxylic acid groups (broad SMARTS) is 1. The Bertz CT molecular complexity index is 396. The third-order valence-electron chi connectivity index (χ3n) is 1.08. The number of nitriles is 1. The lowest BCUT2D eigenvalue weighted by atomic mass is 10.4. The topological polar surface area (TPSA) is 151 Å². The lowest BCUT2D eigenvalue weighted by Gasteiger charge is -2.00. The van der Waals surface area contributed by atoms with Gasteiger partial charge in [-0.1, -0.05) is 12.2 Å². The second-order valence-corrected chi connectivity index (χ2v) is 3.17. The Hall–Kier alpha value is -3.03. The van der Waals surface area contributed by atoms with Crippen LogP contribution in [0.3, 0.4) is 0 Å². The van der Waals surface area contributed by atoms with E-state index in [1.54, 1.807) is 0 Å². The third-order valence-corrected chi connectivity index (χ3v) is 1.08. The van der Waals surface area contributed by atoms with Crippen molar-refractivity contribution in [1.29, 1.82) is 5.26 Å². The molecule has 5 N–H and O–H groups in total. The van der Waals surface area contributed by atoms with Crippen LogP contribution in [0.5, 0.6) is 0 Å². The summed E-state index contributed by atoms with van der Waals surface area (Å²) in [5.41, 5.74) is 8.33. The molecule has 0 unspecified atom stereocenters. The van der Waals surface area contributed by atoms with Gasteiger partial charge in [-0.15, -0.1) is 0 Å². The normalized spacial score (nSPS) is 9.04. The first-order valence-electron chi connectivity index (χ1n) is 5.52. The van der Waals surface area contributed by atoms with E-state index in [-0.39, 0.29) is 12.8 Å². The van der Waals surface area contributed by atoms with Crippen molar-refractivity contribution in [1.82, 2.24) is 4.90 Å². The first-order chi connectivity index (χ1) is 10.5. The molecule has 0 rings (SSSR count). The molecule has 0 fully saturated rings. The van der Waals surface area contributed by atoms with Gasteiger partial charge >= 0.3 is 12.1 Å². The second kappa shape index (κ2) is 21.3. The minimum absolute atomic E-state index is 0.250. The number of carbonyl (C=O) groups is 3. The Morgan fingerprint density at radius 3 is 1.78 bits per heavy atom. The number of alkyl halides is 3. The van der Waals surface area contributed by atoms with Crippen molar-refractivity contribution >= 4 is 18.8 Å². The van der Waals surface area contributed by atoms with E-state index < -0.39 is 12.1 Å². The monoisotopic (exact) mass is 340 g/mol. The van der Waals surface area contributed by atoms with Gasteiger partial charge in [0.25, 0.3) is 0 Å². The van der Waals surface area contributed by atoms with E-state index in [0.29, 0.717) is 6.42 Å². The highest BCUT2D eigenvalue weighted by atomic mass is 19.4. The fourth-order valence-electron chi connectivity index (χ4n) is 0.421. The largest absolute Gasteiger partial charge is 0.490 e. The molecule has 2 amide bonds. The average Bonchev–Trinajstić information content (AvgIpc) is 2.39. The van der Waals surface area contributed by atoms with Gasteiger partial charge in [-0.05, 0) is 12.3 Å². The maximum Gasteiger partial charge on any atom is 0.490 e. The molecule has 23 heavy (non-hydrogen) atoms. The number of hydrogen-bond acceptors (Lipinski definition) is 5. The zero-order valence-electron chi connectivity index (χ0n) is 12.5. The van der Waals surface area contributed by atoms with Crippen LogP contribution in [-0.2, 0) is 14.4 Å². The number of hydrogen-bond donors (Lipinski definition) is 3. The molecule has 11 heteroatoms. The lowest BCUT2D eigenvalue weighted by molar-refractivity contribution is -0.192. The van der Waals surface area contributed by atoms with Crippen molar-refractivity contribution in [3.05, 3.63) is 24.4 Å². The van der Waals surface area contributed by atoms with Crippen LogP contribution in [0.15, 0.2) is 24.4 Å². The van der Waals surface area contributed by atoms with Crippen LogP contribution in [0.4, 0.5) is 13.2 Å². The highest BCUT2D eigenvalue weighted by molar-refractivity contribution is 5.73. The molecule has 0 radical (unpaired) electrons. The van der Waals surface area contributed by atoms with Crippen molar-refractivity contribution in [2.24, 2.45) is 11.5 Å². The summed E-state index contributed by atoms with van der Waals surface area (Å²) in [6.45, 7) is 0. The number of carboxylic acids is 1. The summed E-state index contributed by atoms with van der Waals surface area (Å²) in [4.78, 5) is 28.0. The molecule has 0 saturated carbocycles. The molecule has 0 aliphatic carbocycles. The Labute approximate surface area is 131 Å². The van der Waals surface area contributed by atoms with Crippen molar-refractivity contribution in [3.8, 4) is 6.07 Å². The van der Waals surface area contributed by atoms with Crippen LogP contribution in [-0.4, -0.2) is 49.1 Å². The summed E-state index contributed by atoms with van der Waals surface area (Å²) in [5.74, 6) is -2.76. The van der Waals surface area contributed by atoms with Crippen LogP contribution in [0.1, 0.15) is 6.42 Å². The number of allylic oxidation sites excluding steroid dienone is 3. The number of nitrogens with two attached hydrogens (primary N) is 2. The maximum atomic E-state index is 10.6. The van der Waals surface area contributed by atoms with Crippen molar-refractivity contribution in [3.63, 3.8) is 0 Å². The molecule has 0 aromatic carbocycles. The molecule has 8 nitrogen and oxygen atoms in total. The maximum absolute atomic E-state index is 10.6. The summed E-state index contributed by atoms with van der Waals surface area (Å²) in [6.07, 6.45) is 3.41. The fourth-order valence-corrected chi connectivity index (χ4v) is 0.421. The van der Waals surface area contributed by atoms with Gasteiger partial charge in [0.15, 0.2) is 0 Å². The van der Waals surface area contributed by atoms with Gasteiger partial charge in [-0.25, -0.2) is 4.79 Å². The molecule has 0 atom stereocenters. The van der Waals surface area contributed by atoms with Crippen molar-refractivity contribution in [2.45, 2.75) is 12.6 Å². The highest BCUT2D eigenvalue weighted by Gasteiger charge is 2.38. The van der Waals surface area contributed by atoms with Gasteiger partial charge in [-0.3, -0.25) is 9.59 Å². The first kappa shape index (κ1) is 28.2. The van der Waals surface area contributed by atoms with E-state index in [9.17, 15) is 13.2 Å².